The molecule has 8 nitrogen and oxygen atoms in total. The molecule has 3 rings (SSSR count). The van der Waals surface area contributed by atoms with Crippen LogP contribution in [-0.2, 0) is 22.4 Å². The summed E-state index contributed by atoms with van der Waals surface area (Å²) in [6.45, 7) is 3.70. The zero-order valence-electron chi connectivity index (χ0n) is 16.9. The minimum atomic E-state index is -0.205. The van der Waals surface area contributed by atoms with Crippen molar-refractivity contribution in [2.75, 3.05) is 23.3 Å². The van der Waals surface area contributed by atoms with Gasteiger partial charge < -0.3 is 20.5 Å². The predicted octanol–water partition coefficient (Wildman–Crippen LogP) is 2.69. The van der Waals surface area contributed by atoms with E-state index in [-0.39, 0.29) is 17.7 Å². The lowest BCUT2D eigenvalue weighted by molar-refractivity contribution is -0.122. The number of aryl methyl sites for hydroxylation is 2. The molecule has 2 aromatic rings. The topological polar surface area (TPSA) is 114 Å². The molecule has 1 aromatic heterocycles. The number of nitrogens with one attached hydrogen (secondary N) is 1. The van der Waals surface area contributed by atoms with E-state index in [9.17, 15) is 9.59 Å². The maximum Gasteiger partial charge on any atom is 0.226 e. The van der Waals surface area contributed by atoms with Crippen LogP contribution in [-0.4, -0.2) is 35.0 Å². The molecule has 156 valence electrons. The fourth-order valence-corrected chi connectivity index (χ4v) is 3.52. The molecule has 1 saturated heterocycles. The number of benzene rings is 1. The first-order chi connectivity index (χ1) is 14.0. The maximum absolute atomic E-state index is 12.2. The zero-order chi connectivity index (χ0) is 20.6. The van der Waals surface area contributed by atoms with Crippen LogP contribution in [0.1, 0.15) is 50.7 Å². The van der Waals surface area contributed by atoms with E-state index in [1.807, 2.05) is 24.3 Å². The fourth-order valence-electron chi connectivity index (χ4n) is 3.52. The van der Waals surface area contributed by atoms with Gasteiger partial charge in [0.25, 0.3) is 0 Å². The average molecular weight is 399 g/mol. The molecule has 0 unspecified atom stereocenters. The van der Waals surface area contributed by atoms with Crippen molar-refractivity contribution >= 4 is 23.2 Å². The molecule has 2 heterocycles. The SMILES string of the molecule is CCCc1noc(CCCC(=O)Nc2ccc(N3CCC(C(N)=O)CC3)cc2)n1. The predicted molar refractivity (Wildman–Crippen MR) is 110 cm³/mol. The van der Waals surface area contributed by atoms with Crippen LogP contribution in [0.3, 0.4) is 0 Å². The van der Waals surface area contributed by atoms with Crippen molar-refractivity contribution in [3.8, 4) is 0 Å². The van der Waals surface area contributed by atoms with Gasteiger partial charge in [0.1, 0.15) is 0 Å². The summed E-state index contributed by atoms with van der Waals surface area (Å²) >= 11 is 0. The standard InChI is InChI=1S/C21H29N5O3/c1-2-4-18-24-20(29-25-18)6-3-5-19(27)23-16-7-9-17(10-8-16)26-13-11-15(12-14-26)21(22)28/h7-10,15H,2-6,11-14H2,1H3,(H2,22,28)(H,23,27). The van der Waals surface area contributed by atoms with Gasteiger partial charge in [-0.15, -0.1) is 0 Å². The molecule has 0 atom stereocenters. The Bertz CT molecular complexity index is 810. The maximum atomic E-state index is 12.2. The summed E-state index contributed by atoms with van der Waals surface area (Å²) in [6, 6.07) is 7.80. The average Bonchev–Trinajstić information content (AvgIpc) is 3.16. The van der Waals surface area contributed by atoms with E-state index >= 15 is 0 Å². The van der Waals surface area contributed by atoms with Gasteiger partial charge in [-0.3, -0.25) is 9.59 Å². The molecule has 1 aromatic carbocycles. The molecular formula is C21H29N5O3. The third-order valence-electron chi connectivity index (χ3n) is 5.19. The summed E-state index contributed by atoms with van der Waals surface area (Å²) in [7, 11) is 0. The second-order valence-electron chi connectivity index (χ2n) is 7.47. The lowest BCUT2D eigenvalue weighted by Crippen LogP contribution is -2.38. The lowest BCUT2D eigenvalue weighted by Gasteiger charge is -2.32. The number of piperidine rings is 1. The van der Waals surface area contributed by atoms with Gasteiger partial charge >= 0.3 is 0 Å². The molecule has 3 N–H and O–H groups in total. The summed E-state index contributed by atoms with van der Waals surface area (Å²) in [5.41, 5.74) is 7.25. The number of amides is 2. The third kappa shape index (κ3) is 6.04. The Hall–Kier alpha value is -2.90. The Morgan fingerprint density at radius 2 is 1.93 bits per heavy atom. The second kappa shape index (κ2) is 10.0. The monoisotopic (exact) mass is 399 g/mol. The minimum Gasteiger partial charge on any atom is -0.371 e. The van der Waals surface area contributed by atoms with E-state index in [2.05, 4.69) is 27.3 Å². The van der Waals surface area contributed by atoms with Crippen LogP contribution in [0, 0.1) is 5.92 Å². The summed E-state index contributed by atoms with van der Waals surface area (Å²) < 4.78 is 5.18. The third-order valence-corrected chi connectivity index (χ3v) is 5.19. The minimum absolute atomic E-state index is 0.0183. The lowest BCUT2D eigenvalue weighted by atomic mass is 9.96. The molecule has 29 heavy (non-hydrogen) atoms. The molecule has 1 aliphatic heterocycles. The van der Waals surface area contributed by atoms with Gasteiger partial charge in [0, 0.05) is 49.6 Å². The van der Waals surface area contributed by atoms with E-state index < -0.39 is 0 Å². The Labute approximate surface area is 170 Å². The van der Waals surface area contributed by atoms with Crippen LogP contribution in [0.5, 0.6) is 0 Å². The van der Waals surface area contributed by atoms with Gasteiger partial charge in [-0.1, -0.05) is 12.1 Å². The van der Waals surface area contributed by atoms with E-state index in [1.165, 1.54) is 0 Å². The Balaban J connectivity index is 1.41. The Kier molecular flexibility index (Phi) is 7.21. The number of hydrogen-bond donors (Lipinski definition) is 2. The Morgan fingerprint density at radius 1 is 1.21 bits per heavy atom. The van der Waals surface area contributed by atoms with E-state index in [0.29, 0.717) is 25.2 Å². The zero-order valence-corrected chi connectivity index (χ0v) is 16.9. The number of nitrogens with zero attached hydrogens (tertiary/aromatic N) is 3. The van der Waals surface area contributed by atoms with Crippen molar-refractivity contribution in [1.29, 1.82) is 0 Å². The van der Waals surface area contributed by atoms with Crippen molar-refractivity contribution in [3.63, 3.8) is 0 Å². The van der Waals surface area contributed by atoms with Gasteiger partial charge in [-0.2, -0.15) is 4.98 Å². The molecule has 0 aliphatic carbocycles. The normalized spacial score (nSPS) is 14.7. The molecule has 0 spiro atoms. The van der Waals surface area contributed by atoms with Gasteiger partial charge in [0.15, 0.2) is 5.82 Å². The van der Waals surface area contributed by atoms with Crippen molar-refractivity contribution < 1.29 is 14.1 Å². The highest BCUT2D eigenvalue weighted by atomic mass is 16.5. The molecule has 0 bridgehead atoms. The number of nitrogens with two attached hydrogens (primary N) is 1. The summed E-state index contributed by atoms with van der Waals surface area (Å²) in [4.78, 5) is 30.0. The highest BCUT2D eigenvalue weighted by Crippen LogP contribution is 2.24. The van der Waals surface area contributed by atoms with Gasteiger partial charge in [0.2, 0.25) is 17.7 Å². The van der Waals surface area contributed by atoms with E-state index in [1.54, 1.807) is 0 Å². The molecule has 2 amide bonds. The first-order valence-electron chi connectivity index (χ1n) is 10.3. The number of carbonyl (C=O) groups excluding carboxylic acids is 2. The van der Waals surface area contributed by atoms with Crippen LogP contribution < -0.4 is 16.0 Å². The van der Waals surface area contributed by atoms with Crippen molar-refractivity contribution in [2.45, 2.75) is 51.9 Å². The summed E-state index contributed by atoms with van der Waals surface area (Å²) in [6.07, 6.45) is 5.02. The van der Waals surface area contributed by atoms with Crippen LogP contribution in [0.4, 0.5) is 11.4 Å². The summed E-state index contributed by atoms with van der Waals surface area (Å²) in [5, 5.41) is 6.84. The highest BCUT2D eigenvalue weighted by Gasteiger charge is 2.23. The number of rotatable bonds is 9. The smallest absolute Gasteiger partial charge is 0.226 e. The molecule has 1 aliphatic rings. The van der Waals surface area contributed by atoms with Gasteiger partial charge in [0.05, 0.1) is 0 Å². The van der Waals surface area contributed by atoms with Crippen molar-refractivity contribution in [1.82, 2.24) is 10.1 Å². The molecule has 0 saturated carbocycles. The van der Waals surface area contributed by atoms with Gasteiger partial charge in [-0.25, -0.2) is 0 Å². The number of hydrogen-bond acceptors (Lipinski definition) is 6. The van der Waals surface area contributed by atoms with E-state index in [0.717, 1.165) is 56.0 Å². The molecule has 0 radical (unpaired) electrons. The number of primary amides is 1. The number of carbonyl (C=O) groups is 2. The number of aromatic nitrogens is 2. The van der Waals surface area contributed by atoms with Crippen LogP contribution in [0.15, 0.2) is 28.8 Å². The number of anilines is 2. The van der Waals surface area contributed by atoms with Crippen molar-refractivity contribution in [2.24, 2.45) is 11.7 Å². The highest BCUT2D eigenvalue weighted by molar-refractivity contribution is 5.90. The van der Waals surface area contributed by atoms with E-state index in [4.69, 9.17) is 10.3 Å². The van der Waals surface area contributed by atoms with Crippen LogP contribution >= 0.6 is 0 Å². The first kappa shape index (κ1) is 20.8. The first-order valence-corrected chi connectivity index (χ1v) is 10.3. The largest absolute Gasteiger partial charge is 0.371 e. The van der Waals surface area contributed by atoms with Crippen LogP contribution in [0.2, 0.25) is 0 Å². The van der Waals surface area contributed by atoms with Crippen molar-refractivity contribution in [3.05, 3.63) is 36.0 Å². The summed E-state index contributed by atoms with van der Waals surface area (Å²) in [5.74, 6) is 1.06. The second-order valence-corrected chi connectivity index (χ2v) is 7.47. The van der Waals surface area contributed by atoms with Gasteiger partial charge in [-0.05, 0) is 49.9 Å². The quantitative estimate of drug-likeness (QED) is 0.670. The van der Waals surface area contributed by atoms with Crippen LogP contribution in [0.25, 0.3) is 0 Å². The molecule has 8 heteroatoms. The molecular weight excluding hydrogens is 370 g/mol. The molecule has 1 fully saturated rings. The fraction of sp³-hybridized carbons (Fsp3) is 0.524. The Morgan fingerprint density at radius 3 is 2.59 bits per heavy atom.